The minimum Gasteiger partial charge on any atom is -0.196 e. The summed E-state index contributed by atoms with van der Waals surface area (Å²) in [4.78, 5) is 0. The highest BCUT2D eigenvalue weighted by Gasteiger charge is 2.58. The van der Waals surface area contributed by atoms with Crippen LogP contribution in [0.2, 0.25) is 0 Å². The number of nitrogens with zero attached hydrogens (tertiary/aromatic N) is 4. The van der Waals surface area contributed by atoms with E-state index in [0.29, 0.717) is 11.1 Å². The zero-order chi connectivity index (χ0) is 13.8. The molecule has 0 saturated carbocycles. The Bertz CT molecular complexity index is 580. The first-order valence-corrected chi connectivity index (χ1v) is 5.26. The lowest BCUT2D eigenvalue weighted by molar-refractivity contribution is 0.343. The molecule has 0 N–H and O–H groups in total. The molecule has 0 saturated heterocycles. The third-order valence-electron chi connectivity index (χ3n) is 3.21. The molecule has 1 aliphatic carbocycles. The molecule has 0 aromatic rings. The number of allylic oxidation sites excluding steroid dienone is 5. The van der Waals surface area contributed by atoms with E-state index in [0.717, 1.165) is 0 Å². The maximum Gasteiger partial charge on any atom is 0.200 e. The van der Waals surface area contributed by atoms with Gasteiger partial charge in [0.2, 0.25) is 5.41 Å². The second-order valence-electron chi connectivity index (χ2n) is 3.87. The largest absolute Gasteiger partial charge is 0.200 e. The molecule has 0 atom stereocenters. The summed E-state index contributed by atoms with van der Waals surface area (Å²) in [5, 5.41) is 37.3. The number of nitriles is 4. The Balaban J connectivity index is 3.78. The van der Waals surface area contributed by atoms with Crippen LogP contribution in [-0.4, -0.2) is 0 Å². The van der Waals surface area contributed by atoms with Crippen LogP contribution >= 0.6 is 0 Å². The quantitative estimate of drug-likeness (QED) is 0.696. The summed E-state index contributed by atoms with van der Waals surface area (Å²) in [6, 6.07) is 7.41. The van der Waals surface area contributed by atoms with E-state index in [-0.39, 0.29) is 6.42 Å². The van der Waals surface area contributed by atoms with Gasteiger partial charge in [-0.25, -0.2) is 0 Å². The Morgan fingerprint density at radius 3 is 2.06 bits per heavy atom. The lowest BCUT2D eigenvalue weighted by Crippen LogP contribution is -2.42. The lowest BCUT2D eigenvalue weighted by atomic mass is 9.56. The molecule has 0 fully saturated rings. The fraction of sp³-hybridized carbons (Fsp3) is 0.286. The topological polar surface area (TPSA) is 95.2 Å². The average molecular weight is 234 g/mol. The highest BCUT2D eigenvalue weighted by molar-refractivity contribution is 5.58. The predicted molar refractivity (Wildman–Crippen MR) is 64.0 cm³/mol. The van der Waals surface area contributed by atoms with Gasteiger partial charge in [0.1, 0.15) is 0 Å². The van der Waals surface area contributed by atoms with Gasteiger partial charge in [0, 0.05) is 6.42 Å². The standard InChI is InChI=1S/C14H10N4/c1-3-11-5-6-13(7-15,8-16)14(9-17,10-18)12(11)4-2/h3-5H,1,6H2,2H3/b12-4+. The molecule has 0 radical (unpaired) electrons. The summed E-state index contributed by atoms with van der Waals surface area (Å²) in [5.41, 5.74) is -2.45. The molecule has 0 aliphatic heterocycles. The van der Waals surface area contributed by atoms with Gasteiger partial charge in [0.15, 0.2) is 5.41 Å². The fourth-order valence-electron chi connectivity index (χ4n) is 2.17. The summed E-state index contributed by atoms with van der Waals surface area (Å²) in [7, 11) is 0. The van der Waals surface area contributed by atoms with Crippen molar-refractivity contribution in [2.24, 2.45) is 10.8 Å². The summed E-state index contributed by atoms with van der Waals surface area (Å²) in [6.45, 7) is 5.29. The van der Waals surface area contributed by atoms with Gasteiger partial charge in [-0.3, -0.25) is 0 Å². The summed E-state index contributed by atoms with van der Waals surface area (Å²) < 4.78 is 0. The smallest absolute Gasteiger partial charge is 0.196 e. The van der Waals surface area contributed by atoms with Crippen molar-refractivity contribution in [3.63, 3.8) is 0 Å². The second kappa shape index (κ2) is 4.58. The van der Waals surface area contributed by atoms with Gasteiger partial charge >= 0.3 is 0 Å². The molecule has 0 aromatic heterocycles. The molecule has 86 valence electrons. The number of hydrogen-bond donors (Lipinski definition) is 0. The summed E-state index contributed by atoms with van der Waals surface area (Å²) in [6.07, 6.45) is 4.82. The van der Waals surface area contributed by atoms with Gasteiger partial charge in [-0.2, -0.15) is 21.0 Å². The molecule has 0 unspecified atom stereocenters. The van der Waals surface area contributed by atoms with Crippen LogP contribution in [0.5, 0.6) is 0 Å². The van der Waals surface area contributed by atoms with Crippen molar-refractivity contribution in [1.82, 2.24) is 0 Å². The summed E-state index contributed by atoms with van der Waals surface area (Å²) in [5.74, 6) is 0. The van der Waals surface area contributed by atoms with E-state index >= 15 is 0 Å². The van der Waals surface area contributed by atoms with E-state index in [1.807, 2.05) is 24.3 Å². The molecule has 0 amide bonds. The Morgan fingerprint density at radius 1 is 1.17 bits per heavy atom. The second-order valence-corrected chi connectivity index (χ2v) is 3.87. The van der Waals surface area contributed by atoms with Crippen LogP contribution in [-0.2, 0) is 0 Å². The van der Waals surface area contributed by atoms with Gasteiger partial charge in [0.05, 0.1) is 24.3 Å². The minimum absolute atomic E-state index is 0.0415. The number of rotatable bonds is 1. The van der Waals surface area contributed by atoms with Gasteiger partial charge in [-0.1, -0.05) is 24.8 Å². The minimum atomic E-state index is -1.77. The maximum absolute atomic E-state index is 9.38. The zero-order valence-electron chi connectivity index (χ0n) is 9.94. The van der Waals surface area contributed by atoms with Crippen LogP contribution in [0.1, 0.15) is 13.3 Å². The normalized spacial score (nSPS) is 21.6. The van der Waals surface area contributed by atoms with Crippen LogP contribution in [0.25, 0.3) is 0 Å². The van der Waals surface area contributed by atoms with Crippen molar-refractivity contribution >= 4 is 0 Å². The molecular weight excluding hydrogens is 224 g/mol. The van der Waals surface area contributed by atoms with Gasteiger partial charge in [-0.15, -0.1) is 0 Å². The third-order valence-corrected chi connectivity index (χ3v) is 3.21. The molecule has 4 nitrogen and oxygen atoms in total. The lowest BCUT2D eigenvalue weighted by Gasteiger charge is -2.36. The molecule has 1 aliphatic rings. The van der Waals surface area contributed by atoms with Crippen molar-refractivity contribution in [3.8, 4) is 24.3 Å². The molecular formula is C14H10N4. The monoisotopic (exact) mass is 234 g/mol. The average Bonchev–Trinajstić information content (AvgIpc) is 2.44. The van der Waals surface area contributed by atoms with E-state index < -0.39 is 10.8 Å². The molecule has 0 bridgehead atoms. The first-order chi connectivity index (χ1) is 8.61. The Labute approximate surface area is 106 Å². The van der Waals surface area contributed by atoms with Crippen LogP contribution < -0.4 is 0 Å². The molecule has 0 spiro atoms. The predicted octanol–water partition coefficient (Wildman–Crippen LogP) is 2.52. The van der Waals surface area contributed by atoms with Crippen LogP contribution in [0.15, 0.2) is 36.0 Å². The zero-order valence-corrected chi connectivity index (χ0v) is 9.94. The van der Waals surface area contributed by atoms with E-state index in [1.165, 1.54) is 6.08 Å². The first kappa shape index (κ1) is 13.2. The van der Waals surface area contributed by atoms with Crippen LogP contribution in [0, 0.1) is 56.2 Å². The van der Waals surface area contributed by atoms with Crippen molar-refractivity contribution in [2.75, 3.05) is 0 Å². The maximum atomic E-state index is 9.38. The Morgan fingerprint density at radius 2 is 1.72 bits per heavy atom. The molecule has 1 rings (SSSR count). The first-order valence-electron chi connectivity index (χ1n) is 5.26. The SMILES string of the molecule is C=CC1=CCC(C#N)(C#N)C(C#N)(C#N)/C1=C/C. The Hall–Kier alpha value is -2.82. The van der Waals surface area contributed by atoms with E-state index in [2.05, 4.69) is 6.58 Å². The van der Waals surface area contributed by atoms with Crippen LogP contribution in [0.3, 0.4) is 0 Å². The number of hydrogen-bond acceptors (Lipinski definition) is 4. The molecule has 4 heteroatoms. The highest BCUT2D eigenvalue weighted by Crippen LogP contribution is 2.52. The van der Waals surface area contributed by atoms with Crippen molar-refractivity contribution in [2.45, 2.75) is 13.3 Å². The van der Waals surface area contributed by atoms with Crippen molar-refractivity contribution in [1.29, 1.82) is 21.0 Å². The van der Waals surface area contributed by atoms with Crippen molar-refractivity contribution < 1.29 is 0 Å². The third kappa shape index (κ3) is 1.34. The van der Waals surface area contributed by atoms with E-state index in [9.17, 15) is 21.0 Å². The van der Waals surface area contributed by atoms with Gasteiger partial charge in [0.25, 0.3) is 0 Å². The summed E-state index contributed by atoms with van der Waals surface area (Å²) >= 11 is 0. The molecule has 0 heterocycles. The van der Waals surface area contributed by atoms with E-state index in [1.54, 1.807) is 19.1 Å². The van der Waals surface area contributed by atoms with Crippen molar-refractivity contribution in [3.05, 3.63) is 36.0 Å². The Kier molecular flexibility index (Phi) is 3.37. The van der Waals surface area contributed by atoms with E-state index in [4.69, 9.17) is 0 Å². The van der Waals surface area contributed by atoms with Crippen LogP contribution in [0.4, 0.5) is 0 Å². The molecule has 0 aromatic carbocycles. The van der Waals surface area contributed by atoms with Gasteiger partial charge < -0.3 is 0 Å². The highest BCUT2D eigenvalue weighted by atomic mass is 14.6. The molecule has 18 heavy (non-hydrogen) atoms. The van der Waals surface area contributed by atoms with Gasteiger partial charge in [-0.05, 0) is 18.1 Å². The fourth-order valence-corrected chi connectivity index (χ4v) is 2.17.